The molecule has 11 heteroatoms. The third-order valence-corrected chi connectivity index (χ3v) is 7.15. The fraction of sp³-hybridized carbons (Fsp3) is 0.840. The van der Waals surface area contributed by atoms with E-state index in [0.29, 0.717) is 65.2 Å². The highest BCUT2D eigenvalue weighted by atomic mass is 16.7. The van der Waals surface area contributed by atoms with E-state index in [1.807, 2.05) is 6.92 Å². The highest BCUT2D eigenvalue weighted by molar-refractivity contribution is 6.38. The van der Waals surface area contributed by atoms with Crippen molar-refractivity contribution >= 4 is 23.6 Å². The highest BCUT2D eigenvalue weighted by Gasteiger charge is 2.43. The lowest BCUT2D eigenvalue weighted by molar-refractivity contribution is -0.251. The van der Waals surface area contributed by atoms with Crippen LogP contribution in [-0.4, -0.2) is 92.0 Å². The summed E-state index contributed by atoms with van der Waals surface area (Å²) >= 11 is 0. The molecule has 4 amide bonds. The van der Waals surface area contributed by atoms with Gasteiger partial charge in [-0.05, 0) is 32.6 Å². The van der Waals surface area contributed by atoms with Crippen LogP contribution in [-0.2, 0) is 28.6 Å². The summed E-state index contributed by atoms with van der Waals surface area (Å²) in [5.74, 6) is -2.88. The van der Waals surface area contributed by atoms with E-state index in [1.54, 1.807) is 11.8 Å². The number of amides is 4. The molecule has 0 aromatic rings. The number of morpholine rings is 1. The zero-order valence-corrected chi connectivity index (χ0v) is 21.7. The van der Waals surface area contributed by atoms with E-state index >= 15 is 0 Å². The molecule has 0 spiro atoms. The van der Waals surface area contributed by atoms with Crippen LogP contribution in [0, 0.1) is 0 Å². The van der Waals surface area contributed by atoms with E-state index in [-0.39, 0.29) is 12.6 Å². The van der Waals surface area contributed by atoms with Crippen LogP contribution >= 0.6 is 0 Å². The van der Waals surface area contributed by atoms with Gasteiger partial charge in [0.15, 0.2) is 5.79 Å². The minimum absolute atomic E-state index is 0.0333. The van der Waals surface area contributed by atoms with Crippen LogP contribution in [0.4, 0.5) is 4.79 Å². The predicted molar refractivity (Wildman–Crippen MR) is 131 cm³/mol. The Bertz CT molecular complexity index is 772. The van der Waals surface area contributed by atoms with Crippen LogP contribution in [0.15, 0.2) is 0 Å². The van der Waals surface area contributed by atoms with E-state index in [1.165, 1.54) is 0 Å². The number of hydrogen-bond donors (Lipinski definition) is 3. The molecule has 2 heterocycles. The van der Waals surface area contributed by atoms with Gasteiger partial charge in [-0.2, -0.15) is 0 Å². The van der Waals surface area contributed by atoms with Gasteiger partial charge in [0.1, 0.15) is 5.54 Å². The van der Waals surface area contributed by atoms with E-state index in [9.17, 15) is 19.2 Å². The molecule has 1 unspecified atom stereocenters. The van der Waals surface area contributed by atoms with Gasteiger partial charge in [-0.1, -0.05) is 39.0 Å². The maximum atomic E-state index is 13.6. The SMILES string of the molecule is CCCCC(NC(=O)C1(NC(=O)N2CCOCC2)CCCCC1)C(=O)C(=O)NCC1(C)OCCCO1. The number of carbonyl (C=O) groups excluding carboxylic acids is 4. The standard InChI is InChI=1S/C25H42N4O7/c1-3-4-9-19(20(30)21(31)26-18-24(2)35-14-8-15-36-24)27-22(32)25(10-6-5-7-11-25)28-23(33)29-12-16-34-17-13-29/h19H,3-18H2,1-2H3,(H,26,31)(H,27,32)(H,28,33). The number of rotatable bonds is 10. The molecule has 0 aromatic carbocycles. The fourth-order valence-electron chi connectivity index (χ4n) is 4.85. The Morgan fingerprint density at radius 3 is 2.25 bits per heavy atom. The Hall–Kier alpha value is -2.24. The zero-order chi connectivity index (χ0) is 26.0. The van der Waals surface area contributed by atoms with Gasteiger partial charge < -0.3 is 35.1 Å². The number of ether oxygens (including phenoxy) is 3. The molecule has 3 rings (SSSR count). The molecule has 36 heavy (non-hydrogen) atoms. The maximum absolute atomic E-state index is 13.6. The smallest absolute Gasteiger partial charge is 0.318 e. The van der Waals surface area contributed by atoms with Crippen molar-refractivity contribution in [2.75, 3.05) is 46.1 Å². The maximum Gasteiger partial charge on any atom is 0.318 e. The summed E-state index contributed by atoms with van der Waals surface area (Å²) in [6.45, 7) is 6.63. The number of urea groups is 1. The van der Waals surface area contributed by atoms with Gasteiger partial charge in [0.25, 0.3) is 5.91 Å². The van der Waals surface area contributed by atoms with Gasteiger partial charge in [0.05, 0.1) is 39.0 Å². The zero-order valence-electron chi connectivity index (χ0n) is 21.7. The van der Waals surface area contributed by atoms with Crippen LogP contribution in [0.3, 0.4) is 0 Å². The molecule has 2 aliphatic heterocycles. The molecule has 3 fully saturated rings. The molecule has 3 N–H and O–H groups in total. The van der Waals surface area contributed by atoms with Gasteiger partial charge >= 0.3 is 6.03 Å². The number of ketones is 1. The van der Waals surface area contributed by atoms with Gasteiger partial charge in [-0.25, -0.2) is 4.79 Å². The van der Waals surface area contributed by atoms with Gasteiger partial charge in [-0.15, -0.1) is 0 Å². The molecule has 1 aliphatic carbocycles. The fourth-order valence-corrected chi connectivity index (χ4v) is 4.85. The molecule has 2 saturated heterocycles. The molecule has 11 nitrogen and oxygen atoms in total. The quantitative estimate of drug-likeness (QED) is 0.376. The minimum atomic E-state index is -1.11. The lowest BCUT2D eigenvalue weighted by Gasteiger charge is -2.39. The molecular formula is C25H42N4O7. The first-order valence-corrected chi connectivity index (χ1v) is 13.3. The Morgan fingerprint density at radius 1 is 0.944 bits per heavy atom. The molecule has 0 radical (unpaired) electrons. The van der Waals surface area contributed by atoms with Crippen LogP contribution in [0.1, 0.15) is 71.6 Å². The van der Waals surface area contributed by atoms with E-state index < -0.39 is 35.0 Å². The number of hydrogen-bond acceptors (Lipinski definition) is 7. The number of carbonyl (C=O) groups is 4. The van der Waals surface area contributed by atoms with Crippen LogP contribution < -0.4 is 16.0 Å². The van der Waals surface area contributed by atoms with Gasteiger partial charge in [0, 0.05) is 13.1 Å². The first kappa shape index (κ1) is 28.3. The van der Waals surface area contributed by atoms with Crippen molar-refractivity contribution in [3.63, 3.8) is 0 Å². The molecular weight excluding hydrogens is 468 g/mol. The normalized spacial score (nSPS) is 22.2. The van der Waals surface area contributed by atoms with Crippen molar-refractivity contribution in [3.05, 3.63) is 0 Å². The van der Waals surface area contributed by atoms with Gasteiger partial charge in [0.2, 0.25) is 11.7 Å². The molecule has 204 valence electrons. The van der Waals surface area contributed by atoms with E-state index in [0.717, 1.165) is 32.1 Å². The second-order valence-corrected chi connectivity index (χ2v) is 10.1. The van der Waals surface area contributed by atoms with Crippen molar-refractivity contribution in [1.29, 1.82) is 0 Å². The first-order valence-electron chi connectivity index (χ1n) is 13.3. The van der Waals surface area contributed by atoms with Crippen LogP contribution in [0.25, 0.3) is 0 Å². The Kier molecular flexibility index (Phi) is 10.5. The van der Waals surface area contributed by atoms with Crippen molar-refractivity contribution < 1.29 is 33.4 Å². The Morgan fingerprint density at radius 2 is 1.61 bits per heavy atom. The average Bonchev–Trinajstić information content (AvgIpc) is 2.90. The van der Waals surface area contributed by atoms with Gasteiger partial charge in [-0.3, -0.25) is 14.4 Å². The number of nitrogens with one attached hydrogen (secondary N) is 3. The summed E-state index contributed by atoms with van der Waals surface area (Å²) in [7, 11) is 0. The minimum Gasteiger partial charge on any atom is -0.378 e. The average molecular weight is 511 g/mol. The summed E-state index contributed by atoms with van der Waals surface area (Å²) in [5, 5.41) is 8.42. The van der Waals surface area contributed by atoms with Crippen molar-refractivity contribution in [1.82, 2.24) is 20.9 Å². The molecule has 3 aliphatic rings. The first-order chi connectivity index (χ1) is 17.3. The Labute approximate surface area is 213 Å². The third kappa shape index (κ3) is 7.63. The van der Waals surface area contributed by atoms with Crippen molar-refractivity contribution in [2.45, 2.75) is 89.0 Å². The summed E-state index contributed by atoms with van der Waals surface area (Å²) in [4.78, 5) is 54.1. The number of unbranched alkanes of at least 4 members (excludes halogenated alkanes) is 1. The lowest BCUT2D eigenvalue weighted by Crippen LogP contribution is -2.64. The topological polar surface area (TPSA) is 135 Å². The Balaban J connectivity index is 1.66. The summed E-state index contributed by atoms with van der Waals surface area (Å²) in [6, 6.07) is -1.28. The van der Waals surface area contributed by atoms with Crippen LogP contribution in [0.2, 0.25) is 0 Å². The second-order valence-electron chi connectivity index (χ2n) is 10.1. The molecule has 0 aromatic heterocycles. The largest absolute Gasteiger partial charge is 0.378 e. The van der Waals surface area contributed by atoms with E-state index in [2.05, 4.69) is 16.0 Å². The monoisotopic (exact) mass is 510 g/mol. The third-order valence-electron chi connectivity index (χ3n) is 7.15. The lowest BCUT2D eigenvalue weighted by atomic mass is 9.80. The van der Waals surface area contributed by atoms with Crippen molar-refractivity contribution in [2.24, 2.45) is 0 Å². The van der Waals surface area contributed by atoms with Crippen LogP contribution in [0.5, 0.6) is 0 Å². The highest BCUT2D eigenvalue weighted by Crippen LogP contribution is 2.29. The van der Waals surface area contributed by atoms with Crippen molar-refractivity contribution in [3.8, 4) is 0 Å². The molecule has 0 bridgehead atoms. The second kappa shape index (κ2) is 13.3. The summed E-state index contributed by atoms with van der Waals surface area (Å²) < 4.78 is 16.5. The number of Topliss-reactive ketones (excluding diaryl/α,β-unsaturated/α-hetero) is 1. The number of nitrogens with zero attached hydrogens (tertiary/aromatic N) is 1. The summed E-state index contributed by atoms with van der Waals surface area (Å²) in [6.07, 6.45) is 6.13. The predicted octanol–water partition coefficient (Wildman–Crippen LogP) is 1.24. The molecule has 1 atom stereocenters. The summed E-state index contributed by atoms with van der Waals surface area (Å²) in [5.41, 5.74) is -1.11. The molecule has 1 saturated carbocycles. The van der Waals surface area contributed by atoms with E-state index in [4.69, 9.17) is 14.2 Å².